The van der Waals surface area contributed by atoms with Crippen molar-refractivity contribution >= 4 is 17.6 Å². The van der Waals surface area contributed by atoms with E-state index >= 15 is 0 Å². The molecular formula is C14H12FN. The van der Waals surface area contributed by atoms with Gasteiger partial charge in [0.15, 0.2) is 0 Å². The predicted molar refractivity (Wildman–Crippen MR) is 66.3 cm³/mol. The van der Waals surface area contributed by atoms with Crippen molar-refractivity contribution in [3.63, 3.8) is 0 Å². The van der Waals surface area contributed by atoms with Crippen LogP contribution in [0.5, 0.6) is 0 Å². The third kappa shape index (κ3) is 2.48. The fourth-order valence-corrected chi connectivity index (χ4v) is 1.42. The summed E-state index contributed by atoms with van der Waals surface area (Å²) in [5, 5.41) is 0. The van der Waals surface area contributed by atoms with Gasteiger partial charge in [-0.2, -0.15) is 0 Å². The Morgan fingerprint density at radius 1 is 0.938 bits per heavy atom. The molecule has 0 aliphatic carbocycles. The molecule has 2 aromatic carbocycles. The highest BCUT2D eigenvalue weighted by Gasteiger charge is 1.98. The van der Waals surface area contributed by atoms with E-state index in [1.807, 2.05) is 18.2 Å². The number of nitrogens with two attached hydrogens (primary N) is 1. The normalized spacial score (nSPS) is 11.4. The lowest BCUT2D eigenvalue weighted by Gasteiger charge is -1.98. The fraction of sp³-hybridized carbons (Fsp3) is 0. The Morgan fingerprint density at radius 2 is 1.56 bits per heavy atom. The quantitative estimate of drug-likeness (QED) is 0.597. The van der Waals surface area contributed by atoms with Crippen LogP contribution in [0, 0.1) is 0 Å². The summed E-state index contributed by atoms with van der Waals surface area (Å²) >= 11 is 0. The summed E-state index contributed by atoms with van der Waals surface area (Å²) < 4.78 is 13.8. The van der Waals surface area contributed by atoms with Crippen molar-refractivity contribution in [2.24, 2.45) is 0 Å². The van der Waals surface area contributed by atoms with Gasteiger partial charge in [-0.3, -0.25) is 0 Å². The number of benzene rings is 2. The maximum atomic E-state index is 13.8. The van der Waals surface area contributed by atoms with Crippen LogP contribution in [0.1, 0.15) is 11.1 Å². The van der Waals surface area contributed by atoms with Gasteiger partial charge in [0.1, 0.15) is 5.83 Å². The summed E-state index contributed by atoms with van der Waals surface area (Å²) in [6, 6.07) is 16.0. The Labute approximate surface area is 94.0 Å². The summed E-state index contributed by atoms with van der Waals surface area (Å²) in [6.07, 6.45) is 1.49. The highest BCUT2D eigenvalue weighted by molar-refractivity contribution is 5.76. The van der Waals surface area contributed by atoms with Crippen LogP contribution in [-0.2, 0) is 0 Å². The van der Waals surface area contributed by atoms with Gasteiger partial charge in [0.2, 0.25) is 0 Å². The second-order valence-electron chi connectivity index (χ2n) is 3.52. The first-order chi connectivity index (χ1) is 7.75. The number of anilines is 1. The van der Waals surface area contributed by atoms with E-state index in [2.05, 4.69) is 0 Å². The van der Waals surface area contributed by atoms with Gasteiger partial charge in [0.25, 0.3) is 0 Å². The monoisotopic (exact) mass is 213 g/mol. The lowest BCUT2D eigenvalue weighted by molar-refractivity contribution is 0.765. The van der Waals surface area contributed by atoms with E-state index in [4.69, 9.17) is 5.73 Å². The first kappa shape index (κ1) is 10.4. The Morgan fingerprint density at radius 3 is 2.19 bits per heavy atom. The molecule has 0 spiro atoms. The summed E-state index contributed by atoms with van der Waals surface area (Å²) in [7, 11) is 0. The standard InChI is InChI=1S/C14H12FN/c15-14(12-4-2-1-3-5-12)10-11-6-8-13(16)9-7-11/h1-10H,16H2. The molecule has 0 heterocycles. The SMILES string of the molecule is Nc1ccc(C=C(F)c2ccccc2)cc1. The molecule has 0 saturated carbocycles. The molecule has 80 valence electrons. The molecule has 0 atom stereocenters. The Kier molecular flexibility index (Phi) is 3.01. The highest BCUT2D eigenvalue weighted by atomic mass is 19.1. The second kappa shape index (κ2) is 4.62. The molecule has 0 saturated heterocycles. The van der Waals surface area contributed by atoms with Crippen molar-refractivity contribution in [1.82, 2.24) is 0 Å². The highest BCUT2D eigenvalue weighted by Crippen LogP contribution is 2.19. The topological polar surface area (TPSA) is 26.0 Å². The van der Waals surface area contributed by atoms with Gasteiger partial charge in [0.05, 0.1) is 0 Å². The van der Waals surface area contributed by atoms with Crippen LogP contribution >= 0.6 is 0 Å². The Bertz CT molecular complexity index is 486. The van der Waals surface area contributed by atoms with Crippen molar-refractivity contribution in [2.45, 2.75) is 0 Å². The van der Waals surface area contributed by atoms with Crippen LogP contribution in [0.4, 0.5) is 10.1 Å². The van der Waals surface area contributed by atoms with E-state index in [0.29, 0.717) is 11.3 Å². The zero-order chi connectivity index (χ0) is 11.4. The van der Waals surface area contributed by atoms with E-state index in [1.165, 1.54) is 6.08 Å². The molecule has 0 bridgehead atoms. The molecule has 16 heavy (non-hydrogen) atoms. The number of hydrogen-bond donors (Lipinski definition) is 1. The van der Waals surface area contributed by atoms with Gasteiger partial charge in [-0.1, -0.05) is 42.5 Å². The average molecular weight is 213 g/mol. The summed E-state index contributed by atoms with van der Waals surface area (Å²) in [5.74, 6) is -0.245. The first-order valence-corrected chi connectivity index (χ1v) is 5.04. The summed E-state index contributed by atoms with van der Waals surface area (Å²) in [6.45, 7) is 0. The zero-order valence-electron chi connectivity index (χ0n) is 8.73. The maximum Gasteiger partial charge on any atom is 0.131 e. The summed E-state index contributed by atoms with van der Waals surface area (Å²) in [4.78, 5) is 0. The average Bonchev–Trinajstić information content (AvgIpc) is 2.33. The van der Waals surface area contributed by atoms with Crippen LogP contribution in [-0.4, -0.2) is 0 Å². The van der Waals surface area contributed by atoms with E-state index in [1.54, 1.807) is 36.4 Å². The van der Waals surface area contributed by atoms with Gasteiger partial charge in [-0.15, -0.1) is 0 Å². The molecule has 2 aromatic rings. The van der Waals surface area contributed by atoms with Crippen molar-refractivity contribution in [2.75, 3.05) is 5.73 Å². The predicted octanol–water partition coefficient (Wildman–Crippen LogP) is 3.74. The van der Waals surface area contributed by atoms with E-state index in [-0.39, 0.29) is 5.83 Å². The largest absolute Gasteiger partial charge is 0.399 e. The smallest absolute Gasteiger partial charge is 0.131 e. The van der Waals surface area contributed by atoms with Crippen molar-refractivity contribution in [3.05, 3.63) is 65.7 Å². The van der Waals surface area contributed by atoms with Crippen LogP contribution < -0.4 is 5.73 Å². The number of nitrogen functional groups attached to an aromatic ring is 1. The fourth-order valence-electron chi connectivity index (χ4n) is 1.42. The van der Waals surface area contributed by atoms with E-state index < -0.39 is 0 Å². The van der Waals surface area contributed by atoms with Crippen LogP contribution in [0.2, 0.25) is 0 Å². The second-order valence-corrected chi connectivity index (χ2v) is 3.52. The lowest BCUT2D eigenvalue weighted by atomic mass is 10.1. The zero-order valence-corrected chi connectivity index (χ0v) is 8.73. The van der Waals surface area contributed by atoms with Gasteiger partial charge in [-0.25, -0.2) is 4.39 Å². The van der Waals surface area contributed by atoms with Crippen molar-refractivity contribution in [3.8, 4) is 0 Å². The third-order valence-electron chi connectivity index (χ3n) is 2.28. The molecule has 2 heteroatoms. The number of halogens is 1. The van der Waals surface area contributed by atoms with Crippen LogP contribution in [0.15, 0.2) is 54.6 Å². The molecule has 0 unspecified atom stereocenters. The number of rotatable bonds is 2. The molecule has 0 fully saturated rings. The molecule has 2 rings (SSSR count). The van der Waals surface area contributed by atoms with Crippen LogP contribution in [0.3, 0.4) is 0 Å². The maximum absolute atomic E-state index is 13.8. The molecule has 0 aliphatic rings. The first-order valence-electron chi connectivity index (χ1n) is 5.04. The Balaban J connectivity index is 2.28. The van der Waals surface area contributed by atoms with Crippen molar-refractivity contribution in [1.29, 1.82) is 0 Å². The molecular weight excluding hydrogens is 201 g/mol. The molecule has 0 radical (unpaired) electrons. The van der Waals surface area contributed by atoms with Gasteiger partial charge in [0, 0.05) is 11.3 Å². The van der Waals surface area contributed by atoms with Crippen LogP contribution in [0.25, 0.3) is 11.9 Å². The molecule has 0 amide bonds. The molecule has 0 aromatic heterocycles. The minimum Gasteiger partial charge on any atom is -0.399 e. The van der Waals surface area contributed by atoms with Gasteiger partial charge >= 0.3 is 0 Å². The molecule has 0 aliphatic heterocycles. The molecule has 1 nitrogen and oxygen atoms in total. The summed E-state index contributed by atoms with van der Waals surface area (Å²) in [5.41, 5.74) is 7.62. The van der Waals surface area contributed by atoms with Gasteiger partial charge in [-0.05, 0) is 23.8 Å². The van der Waals surface area contributed by atoms with Gasteiger partial charge < -0.3 is 5.73 Å². The number of hydrogen-bond acceptors (Lipinski definition) is 1. The third-order valence-corrected chi connectivity index (χ3v) is 2.28. The van der Waals surface area contributed by atoms with E-state index in [0.717, 1.165) is 5.56 Å². The van der Waals surface area contributed by atoms with E-state index in [9.17, 15) is 4.39 Å². The minimum atomic E-state index is -0.245. The lowest BCUT2D eigenvalue weighted by Crippen LogP contribution is -1.83. The Hall–Kier alpha value is -2.09. The molecule has 2 N–H and O–H groups in total. The minimum absolute atomic E-state index is 0.245. The van der Waals surface area contributed by atoms with Crippen molar-refractivity contribution < 1.29 is 4.39 Å².